The van der Waals surface area contributed by atoms with Crippen LogP contribution < -0.4 is 0 Å². The molecule has 2 aliphatic heterocycles. The lowest BCUT2D eigenvalue weighted by Gasteiger charge is -2.31. The Morgan fingerprint density at radius 2 is 2.04 bits per heavy atom. The number of rotatable bonds is 3. The van der Waals surface area contributed by atoms with E-state index in [-0.39, 0.29) is 10.9 Å². The minimum absolute atomic E-state index is 0.0344. The molecule has 1 unspecified atom stereocenters. The molecule has 1 saturated heterocycles. The zero-order valence-corrected chi connectivity index (χ0v) is 16.0. The molecule has 9 heteroatoms. The van der Waals surface area contributed by atoms with E-state index in [0.29, 0.717) is 13.1 Å². The van der Waals surface area contributed by atoms with Gasteiger partial charge in [0.1, 0.15) is 5.82 Å². The first kappa shape index (κ1) is 17.6. The predicted octanol–water partition coefficient (Wildman–Crippen LogP) is 0.766. The molecule has 4 rings (SSSR count). The van der Waals surface area contributed by atoms with E-state index >= 15 is 0 Å². The van der Waals surface area contributed by atoms with Crippen LogP contribution in [0.2, 0.25) is 0 Å². The maximum Gasteiger partial charge on any atom is 0.262 e. The van der Waals surface area contributed by atoms with Crippen molar-refractivity contribution in [1.29, 1.82) is 0 Å². The van der Waals surface area contributed by atoms with Crippen LogP contribution in [0.15, 0.2) is 23.7 Å². The van der Waals surface area contributed by atoms with Gasteiger partial charge in [0, 0.05) is 69.2 Å². The topological polar surface area (TPSA) is 84.2 Å². The van der Waals surface area contributed by atoms with E-state index in [2.05, 4.69) is 21.9 Å². The van der Waals surface area contributed by atoms with Gasteiger partial charge >= 0.3 is 0 Å². The maximum absolute atomic E-state index is 12.8. The summed E-state index contributed by atoms with van der Waals surface area (Å²) in [5.41, 5.74) is 2.29. The van der Waals surface area contributed by atoms with E-state index in [1.807, 2.05) is 6.20 Å². The molecule has 26 heavy (non-hydrogen) atoms. The molecule has 8 nitrogen and oxygen atoms in total. The number of piperidine rings is 1. The minimum atomic E-state index is -3.57. The Morgan fingerprint density at radius 3 is 2.81 bits per heavy atom. The fourth-order valence-electron chi connectivity index (χ4n) is 3.70. The van der Waals surface area contributed by atoms with Gasteiger partial charge in [0.05, 0.1) is 6.33 Å². The molecule has 0 aromatic carbocycles. The third-order valence-electron chi connectivity index (χ3n) is 5.18. The molecule has 2 aromatic rings. The summed E-state index contributed by atoms with van der Waals surface area (Å²) in [4.78, 5) is 15.6. The number of sulfonamides is 1. The number of hydrogen-bond donors (Lipinski definition) is 0. The van der Waals surface area contributed by atoms with Gasteiger partial charge in [-0.3, -0.25) is 0 Å². The number of likely N-dealkylation sites (N-methyl/N-ethyl adjacent to an activating group) is 1. The Hall–Kier alpha value is -1.84. The maximum atomic E-state index is 12.8. The highest BCUT2D eigenvalue weighted by Gasteiger charge is 2.33. The standard InChI is InChI=1S/C17H24N6O2S/c1-21-7-5-15-14(9-21)8-18-17(20-15)13-4-3-6-23(10-13)26(24,25)16-11-22(2)12-19-16/h8,11-13H,3-7,9-10H2,1-2H3. The molecule has 0 aliphatic carbocycles. The lowest BCUT2D eigenvalue weighted by molar-refractivity contribution is 0.298. The lowest BCUT2D eigenvalue weighted by atomic mass is 9.98. The van der Waals surface area contributed by atoms with Crippen molar-refractivity contribution in [1.82, 2.24) is 28.7 Å². The molecule has 0 saturated carbocycles. The van der Waals surface area contributed by atoms with Crippen LogP contribution in [-0.2, 0) is 30.0 Å². The Labute approximate surface area is 153 Å². The zero-order chi connectivity index (χ0) is 18.3. The van der Waals surface area contributed by atoms with Gasteiger partial charge in [-0.05, 0) is 19.9 Å². The summed E-state index contributed by atoms with van der Waals surface area (Å²) in [7, 11) is 0.295. The van der Waals surface area contributed by atoms with Gasteiger partial charge in [0.15, 0.2) is 5.03 Å². The van der Waals surface area contributed by atoms with Gasteiger partial charge < -0.3 is 9.47 Å². The zero-order valence-electron chi connectivity index (χ0n) is 15.2. The van der Waals surface area contributed by atoms with Crippen LogP contribution in [0.1, 0.15) is 35.8 Å². The summed E-state index contributed by atoms with van der Waals surface area (Å²) in [5, 5.41) is 0.107. The Balaban J connectivity index is 1.56. The van der Waals surface area contributed by atoms with Gasteiger partial charge in [-0.15, -0.1) is 0 Å². The second-order valence-corrected chi connectivity index (χ2v) is 9.15. The number of fused-ring (bicyclic) bond motifs is 1. The summed E-state index contributed by atoms with van der Waals surface area (Å²) in [5.74, 6) is 0.807. The average molecular weight is 376 g/mol. The third kappa shape index (κ3) is 3.26. The molecule has 2 aromatic heterocycles. The molecule has 140 valence electrons. The van der Waals surface area contributed by atoms with E-state index in [4.69, 9.17) is 4.98 Å². The second-order valence-electron chi connectivity index (χ2n) is 7.27. The number of aryl methyl sites for hydroxylation is 1. The molecular formula is C17H24N6O2S. The van der Waals surface area contributed by atoms with Crippen LogP contribution in [0.4, 0.5) is 0 Å². The van der Waals surface area contributed by atoms with Gasteiger partial charge in [-0.1, -0.05) is 0 Å². The molecule has 0 amide bonds. The average Bonchev–Trinajstić information content (AvgIpc) is 3.08. The molecular weight excluding hydrogens is 352 g/mol. The fourth-order valence-corrected chi connectivity index (χ4v) is 5.19. The number of nitrogens with zero attached hydrogens (tertiary/aromatic N) is 6. The van der Waals surface area contributed by atoms with Crippen LogP contribution in [0.5, 0.6) is 0 Å². The SMILES string of the molecule is CN1CCc2nc(C3CCCN(S(=O)(=O)c4cn(C)cn4)C3)ncc2C1. The van der Waals surface area contributed by atoms with Crippen molar-refractivity contribution in [3.05, 3.63) is 35.8 Å². The van der Waals surface area contributed by atoms with E-state index in [0.717, 1.165) is 43.9 Å². The highest BCUT2D eigenvalue weighted by molar-refractivity contribution is 7.89. The molecule has 0 spiro atoms. The van der Waals surface area contributed by atoms with Gasteiger partial charge in [-0.2, -0.15) is 4.31 Å². The first-order valence-electron chi connectivity index (χ1n) is 8.95. The number of aromatic nitrogens is 4. The molecule has 1 atom stereocenters. The Kier molecular flexibility index (Phi) is 4.54. The highest BCUT2D eigenvalue weighted by atomic mass is 32.2. The van der Waals surface area contributed by atoms with E-state index in [1.54, 1.807) is 17.8 Å². The monoisotopic (exact) mass is 376 g/mol. The van der Waals surface area contributed by atoms with Crippen LogP contribution in [-0.4, -0.2) is 63.8 Å². The minimum Gasteiger partial charge on any atom is -0.339 e. The summed E-state index contributed by atoms with van der Waals surface area (Å²) < 4.78 is 28.9. The summed E-state index contributed by atoms with van der Waals surface area (Å²) in [6, 6.07) is 0. The summed E-state index contributed by atoms with van der Waals surface area (Å²) >= 11 is 0. The normalized spacial score (nSPS) is 22.3. The first-order chi connectivity index (χ1) is 12.4. The van der Waals surface area contributed by atoms with Crippen molar-refractivity contribution in [3.8, 4) is 0 Å². The van der Waals surface area contributed by atoms with Crippen molar-refractivity contribution >= 4 is 10.0 Å². The third-order valence-corrected chi connectivity index (χ3v) is 6.93. The molecule has 0 bridgehead atoms. The van der Waals surface area contributed by atoms with Gasteiger partial charge in [0.2, 0.25) is 0 Å². The Morgan fingerprint density at radius 1 is 1.19 bits per heavy atom. The largest absolute Gasteiger partial charge is 0.339 e. The predicted molar refractivity (Wildman–Crippen MR) is 96.0 cm³/mol. The second kappa shape index (κ2) is 6.71. The summed E-state index contributed by atoms with van der Waals surface area (Å²) in [6.07, 6.45) is 7.61. The fraction of sp³-hybridized carbons (Fsp3) is 0.588. The summed E-state index contributed by atoms with van der Waals surface area (Å²) in [6.45, 7) is 2.80. The van der Waals surface area contributed by atoms with Crippen LogP contribution >= 0.6 is 0 Å². The lowest BCUT2D eigenvalue weighted by Crippen LogP contribution is -2.39. The number of hydrogen-bond acceptors (Lipinski definition) is 6. The highest BCUT2D eigenvalue weighted by Crippen LogP contribution is 2.29. The van der Waals surface area contributed by atoms with Gasteiger partial charge in [0.25, 0.3) is 10.0 Å². The molecule has 1 fully saturated rings. The van der Waals surface area contributed by atoms with Gasteiger partial charge in [-0.25, -0.2) is 23.4 Å². The van der Waals surface area contributed by atoms with E-state index in [9.17, 15) is 8.42 Å². The first-order valence-corrected chi connectivity index (χ1v) is 10.4. The van der Waals surface area contributed by atoms with E-state index in [1.165, 1.54) is 16.2 Å². The molecule has 4 heterocycles. The number of imidazole rings is 1. The van der Waals surface area contributed by atoms with Crippen molar-refractivity contribution in [3.63, 3.8) is 0 Å². The molecule has 0 N–H and O–H groups in total. The Bertz CT molecular complexity index is 910. The van der Waals surface area contributed by atoms with Crippen molar-refractivity contribution in [2.24, 2.45) is 7.05 Å². The van der Waals surface area contributed by atoms with Crippen LogP contribution in [0.25, 0.3) is 0 Å². The molecule has 2 aliphatic rings. The van der Waals surface area contributed by atoms with Crippen molar-refractivity contribution in [2.45, 2.75) is 36.8 Å². The molecule has 0 radical (unpaired) electrons. The van der Waals surface area contributed by atoms with E-state index < -0.39 is 10.0 Å². The van der Waals surface area contributed by atoms with Crippen molar-refractivity contribution < 1.29 is 8.42 Å². The van der Waals surface area contributed by atoms with Crippen LogP contribution in [0.3, 0.4) is 0 Å². The van der Waals surface area contributed by atoms with Crippen LogP contribution in [0, 0.1) is 0 Å². The smallest absolute Gasteiger partial charge is 0.262 e. The quantitative estimate of drug-likeness (QED) is 0.787. The van der Waals surface area contributed by atoms with Crippen molar-refractivity contribution in [2.75, 3.05) is 26.7 Å².